The lowest BCUT2D eigenvalue weighted by molar-refractivity contribution is 0.350. The normalized spacial score (nSPS) is 10.1. The van der Waals surface area contributed by atoms with Gasteiger partial charge in [0.05, 0.1) is 32.1 Å². The van der Waals surface area contributed by atoms with Crippen LogP contribution in [0, 0.1) is 0 Å². The Labute approximate surface area is 125 Å². The number of nitrogens with zero attached hydrogens (tertiary/aromatic N) is 2. The van der Waals surface area contributed by atoms with Gasteiger partial charge in [-0.15, -0.1) is 0 Å². The minimum absolute atomic E-state index is 0.561. The van der Waals surface area contributed by atoms with Gasteiger partial charge in [-0.3, -0.25) is 4.98 Å². The zero-order valence-corrected chi connectivity index (χ0v) is 12.9. The van der Waals surface area contributed by atoms with E-state index in [1.807, 2.05) is 32.3 Å². The van der Waals surface area contributed by atoms with Gasteiger partial charge in [-0.05, 0) is 12.1 Å². The van der Waals surface area contributed by atoms with Crippen molar-refractivity contribution in [2.45, 2.75) is 6.54 Å². The monoisotopic (exact) mass is 287 g/mol. The van der Waals surface area contributed by atoms with E-state index in [0.29, 0.717) is 18.0 Å². The summed E-state index contributed by atoms with van der Waals surface area (Å²) in [6.07, 6.45) is 1.72. The van der Waals surface area contributed by atoms with Gasteiger partial charge in [-0.25, -0.2) is 0 Å². The van der Waals surface area contributed by atoms with Crippen LogP contribution in [0.4, 0.5) is 11.4 Å². The van der Waals surface area contributed by atoms with Gasteiger partial charge in [-0.2, -0.15) is 0 Å². The maximum Gasteiger partial charge on any atom is 0.184 e. The standard InChI is InChI=1S/C16H21N3O2/c1-19(2)14-8-6-5-7-12(14)18-11-13-16(21-4)15(20-3)9-10-17-13/h5-10,18H,11H2,1-4H3. The van der Waals surface area contributed by atoms with Crippen molar-refractivity contribution in [2.24, 2.45) is 0 Å². The summed E-state index contributed by atoms with van der Waals surface area (Å²) in [7, 11) is 7.28. The smallest absolute Gasteiger partial charge is 0.184 e. The molecule has 0 aliphatic carbocycles. The van der Waals surface area contributed by atoms with Gasteiger partial charge in [0, 0.05) is 26.4 Å². The average molecular weight is 287 g/mol. The lowest BCUT2D eigenvalue weighted by Gasteiger charge is -2.19. The van der Waals surface area contributed by atoms with Crippen LogP contribution in [-0.2, 0) is 6.54 Å². The van der Waals surface area contributed by atoms with Crippen molar-refractivity contribution in [3.63, 3.8) is 0 Å². The third kappa shape index (κ3) is 3.37. The molecule has 0 atom stereocenters. The van der Waals surface area contributed by atoms with Crippen LogP contribution in [0.3, 0.4) is 0 Å². The molecule has 0 aliphatic heterocycles. The van der Waals surface area contributed by atoms with E-state index in [4.69, 9.17) is 9.47 Å². The topological polar surface area (TPSA) is 46.6 Å². The van der Waals surface area contributed by atoms with E-state index in [1.165, 1.54) is 0 Å². The highest BCUT2D eigenvalue weighted by Gasteiger charge is 2.11. The predicted octanol–water partition coefficient (Wildman–Crippen LogP) is 2.78. The Morgan fingerprint density at radius 2 is 1.86 bits per heavy atom. The molecule has 1 heterocycles. The van der Waals surface area contributed by atoms with Crippen molar-refractivity contribution in [1.82, 2.24) is 4.98 Å². The predicted molar refractivity (Wildman–Crippen MR) is 85.4 cm³/mol. The molecule has 21 heavy (non-hydrogen) atoms. The summed E-state index contributed by atoms with van der Waals surface area (Å²) >= 11 is 0. The zero-order valence-electron chi connectivity index (χ0n) is 12.9. The average Bonchev–Trinajstić information content (AvgIpc) is 2.52. The first-order valence-corrected chi connectivity index (χ1v) is 6.73. The molecule has 112 valence electrons. The second-order valence-electron chi connectivity index (χ2n) is 4.76. The maximum absolute atomic E-state index is 5.40. The number of anilines is 2. The second-order valence-corrected chi connectivity index (χ2v) is 4.76. The molecule has 0 amide bonds. The Morgan fingerprint density at radius 3 is 2.52 bits per heavy atom. The Kier molecular flexibility index (Phi) is 4.87. The Hall–Kier alpha value is -2.43. The molecular weight excluding hydrogens is 266 g/mol. The van der Waals surface area contributed by atoms with Crippen molar-refractivity contribution in [2.75, 3.05) is 38.5 Å². The Bertz CT molecular complexity index is 600. The molecule has 0 aliphatic rings. The van der Waals surface area contributed by atoms with Gasteiger partial charge in [0.25, 0.3) is 0 Å². The quantitative estimate of drug-likeness (QED) is 0.885. The molecule has 0 bridgehead atoms. The summed E-state index contributed by atoms with van der Waals surface area (Å²) < 4.78 is 10.7. The van der Waals surface area contributed by atoms with Crippen LogP contribution in [0.2, 0.25) is 0 Å². The van der Waals surface area contributed by atoms with E-state index >= 15 is 0 Å². The SMILES string of the molecule is COc1ccnc(CNc2ccccc2N(C)C)c1OC. The molecule has 0 saturated heterocycles. The molecule has 0 spiro atoms. The summed E-state index contributed by atoms with van der Waals surface area (Å²) in [5, 5.41) is 3.40. The number of ether oxygens (including phenoxy) is 2. The van der Waals surface area contributed by atoms with Crippen molar-refractivity contribution in [1.29, 1.82) is 0 Å². The van der Waals surface area contributed by atoms with Gasteiger partial charge in [-0.1, -0.05) is 12.1 Å². The highest BCUT2D eigenvalue weighted by atomic mass is 16.5. The third-order valence-electron chi connectivity index (χ3n) is 3.20. The minimum Gasteiger partial charge on any atom is -0.493 e. The molecule has 0 saturated carbocycles. The van der Waals surface area contributed by atoms with E-state index in [9.17, 15) is 0 Å². The number of methoxy groups -OCH3 is 2. The summed E-state index contributed by atoms with van der Waals surface area (Å²) in [5.41, 5.74) is 2.99. The van der Waals surface area contributed by atoms with Gasteiger partial charge >= 0.3 is 0 Å². The molecule has 5 nitrogen and oxygen atoms in total. The first-order valence-electron chi connectivity index (χ1n) is 6.73. The Balaban J connectivity index is 2.21. The molecule has 1 aromatic carbocycles. The van der Waals surface area contributed by atoms with Crippen LogP contribution in [-0.4, -0.2) is 33.3 Å². The number of benzene rings is 1. The Morgan fingerprint density at radius 1 is 1.10 bits per heavy atom. The molecule has 0 unspecified atom stereocenters. The zero-order chi connectivity index (χ0) is 15.2. The van der Waals surface area contributed by atoms with Crippen LogP contribution in [0.25, 0.3) is 0 Å². The van der Waals surface area contributed by atoms with Crippen molar-refractivity contribution >= 4 is 11.4 Å². The molecule has 5 heteroatoms. The van der Waals surface area contributed by atoms with Gasteiger partial charge in [0.15, 0.2) is 11.5 Å². The van der Waals surface area contributed by atoms with E-state index in [0.717, 1.165) is 17.1 Å². The van der Waals surface area contributed by atoms with Crippen LogP contribution in [0.5, 0.6) is 11.5 Å². The van der Waals surface area contributed by atoms with Crippen LogP contribution >= 0.6 is 0 Å². The first-order chi connectivity index (χ1) is 10.2. The molecule has 0 radical (unpaired) electrons. The number of para-hydroxylation sites is 2. The van der Waals surface area contributed by atoms with Crippen LogP contribution in [0.15, 0.2) is 36.5 Å². The summed E-state index contributed by atoms with van der Waals surface area (Å²) in [6.45, 7) is 0.561. The van der Waals surface area contributed by atoms with Crippen LogP contribution in [0.1, 0.15) is 5.69 Å². The fourth-order valence-electron chi connectivity index (χ4n) is 2.17. The van der Waals surface area contributed by atoms with Crippen molar-refractivity contribution in [3.05, 3.63) is 42.2 Å². The van der Waals surface area contributed by atoms with E-state index in [-0.39, 0.29) is 0 Å². The van der Waals surface area contributed by atoms with E-state index < -0.39 is 0 Å². The molecule has 2 rings (SSSR count). The third-order valence-corrected chi connectivity index (χ3v) is 3.20. The fourth-order valence-corrected chi connectivity index (χ4v) is 2.17. The van der Waals surface area contributed by atoms with E-state index in [1.54, 1.807) is 26.5 Å². The van der Waals surface area contributed by atoms with Crippen LogP contribution < -0.4 is 19.7 Å². The second kappa shape index (κ2) is 6.83. The molecule has 1 N–H and O–H groups in total. The molecule has 0 fully saturated rings. The lowest BCUT2D eigenvalue weighted by atomic mass is 10.2. The van der Waals surface area contributed by atoms with Gasteiger partial charge < -0.3 is 19.7 Å². The number of nitrogens with one attached hydrogen (secondary N) is 1. The molecule has 1 aromatic heterocycles. The number of rotatable bonds is 6. The van der Waals surface area contributed by atoms with Gasteiger partial charge in [0.1, 0.15) is 5.69 Å². The van der Waals surface area contributed by atoms with Gasteiger partial charge in [0.2, 0.25) is 0 Å². The number of hydrogen-bond donors (Lipinski definition) is 1. The fraction of sp³-hybridized carbons (Fsp3) is 0.312. The molecular formula is C16H21N3O2. The minimum atomic E-state index is 0.561. The largest absolute Gasteiger partial charge is 0.493 e. The number of aromatic nitrogens is 1. The highest BCUT2D eigenvalue weighted by molar-refractivity contribution is 5.69. The summed E-state index contributed by atoms with van der Waals surface area (Å²) in [6, 6.07) is 9.92. The summed E-state index contributed by atoms with van der Waals surface area (Å²) in [4.78, 5) is 6.43. The van der Waals surface area contributed by atoms with Crippen molar-refractivity contribution in [3.8, 4) is 11.5 Å². The lowest BCUT2D eigenvalue weighted by Crippen LogP contribution is -2.12. The first kappa shape index (κ1) is 15.0. The molecule has 2 aromatic rings. The van der Waals surface area contributed by atoms with E-state index in [2.05, 4.69) is 21.3 Å². The highest BCUT2D eigenvalue weighted by Crippen LogP contribution is 2.30. The van der Waals surface area contributed by atoms with Crippen molar-refractivity contribution < 1.29 is 9.47 Å². The maximum atomic E-state index is 5.40. The number of hydrogen-bond acceptors (Lipinski definition) is 5. The number of pyridine rings is 1. The summed E-state index contributed by atoms with van der Waals surface area (Å²) in [5.74, 6) is 1.35.